The fourth-order valence-corrected chi connectivity index (χ4v) is 2.10. The minimum atomic E-state index is -4.31. The maximum absolute atomic E-state index is 12.3. The van der Waals surface area contributed by atoms with Crippen molar-refractivity contribution in [3.05, 3.63) is 35.4 Å². The summed E-state index contributed by atoms with van der Waals surface area (Å²) in [6.07, 6.45) is -2.82. The fraction of sp³-hybridized carbons (Fsp3) is 0.500. The van der Waals surface area contributed by atoms with Gasteiger partial charge in [-0.05, 0) is 30.0 Å². The van der Waals surface area contributed by atoms with E-state index in [9.17, 15) is 18.3 Å². The lowest BCUT2D eigenvalue weighted by Crippen LogP contribution is -2.10. The zero-order valence-electron chi connectivity index (χ0n) is 8.88. The molecule has 1 aliphatic rings. The maximum atomic E-state index is 12.3. The van der Waals surface area contributed by atoms with E-state index in [4.69, 9.17) is 0 Å². The Kier molecular flexibility index (Phi) is 2.49. The Balaban J connectivity index is 2.21. The lowest BCUT2D eigenvalue weighted by molar-refractivity contribution is -0.137. The molecule has 0 aromatic heterocycles. The van der Waals surface area contributed by atoms with Gasteiger partial charge in [0.25, 0.3) is 0 Å². The Bertz CT molecular complexity index is 382. The highest BCUT2D eigenvalue weighted by Gasteiger charge is 2.52. The number of alkyl halides is 3. The molecule has 1 aromatic carbocycles. The standard InChI is InChI=1S/C12H13F3O/c1-2-8-7-11(8,16)9-3-5-10(6-4-9)12(13,14)15/h3-6,8,16H,2,7H2,1H3. The molecule has 0 bridgehead atoms. The van der Waals surface area contributed by atoms with Crippen LogP contribution in [0.2, 0.25) is 0 Å². The molecule has 4 heteroatoms. The Morgan fingerprint density at radius 1 is 1.31 bits per heavy atom. The van der Waals surface area contributed by atoms with Gasteiger partial charge >= 0.3 is 6.18 Å². The first-order valence-corrected chi connectivity index (χ1v) is 5.28. The van der Waals surface area contributed by atoms with Gasteiger partial charge in [0.2, 0.25) is 0 Å². The first kappa shape index (κ1) is 11.5. The summed E-state index contributed by atoms with van der Waals surface area (Å²) in [4.78, 5) is 0. The Morgan fingerprint density at radius 3 is 2.25 bits per heavy atom. The van der Waals surface area contributed by atoms with Gasteiger partial charge < -0.3 is 5.11 Å². The van der Waals surface area contributed by atoms with Crippen LogP contribution in [0.15, 0.2) is 24.3 Å². The average molecular weight is 230 g/mol. The molecule has 0 aliphatic heterocycles. The molecule has 1 fully saturated rings. The molecule has 0 saturated heterocycles. The van der Waals surface area contributed by atoms with Crippen LogP contribution >= 0.6 is 0 Å². The third-order valence-electron chi connectivity index (χ3n) is 3.28. The minimum Gasteiger partial charge on any atom is -0.385 e. The molecule has 88 valence electrons. The van der Waals surface area contributed by atoms with Crippen molar-refractivity contribution in [1.82, 2.24) is 0 Å². The van der Waals surface area contributed by atoms with E-state index in [1.807, 2.05) is 6.92 Å². The van der Waals surface area contributed by atoms with Crippen molar-refractivity contribution in [2.75, 3.05) is 0 Å². The van der Waals surface area contributed by atoms with Gasteiger partial charge in [0.15, 0.2) is 0 Å². The topological polar surface area (TPSA) is 20.2 Å². The van der Waals surface area contributed by atoms with Crippen molar-refractivity contribution >= 4 is 0 Å². The van der Waals surface area contributed by atoms with Gasteiger partial charge in [-0.15, -0.1) is 0 Å². The van der Waals surface area contributed by atoms with Crippen LogP contribution in [0, 0.1) is 5.92 Å². The Morgan fingerprint density at radius 2 is 1.88 bits per heavy atom. The van der Waals surface area contributed by atoms with Gasteiger partial charge in [-0.25, -0.2) is 0 Å². The third-order valence-corrected chi connectivity index (χ3v) is 3.28. The van der Waals surface area contributed by atoms with Crippen LogP contribution in [0.1, 0.15) is 30.9 Å². The molecule has 2 atom stereocenters. The summed E-state index contributed by atoms with van der Waals surface area (Å²) < 4.78 is 36.9. The molecule has 2 unspecified atom stereocenters. The van der Waals surface area contributed by atoms with Gasteiger partial charge in [-0.2, -0.15) is 13.2 Å². The molecule has 0 radical (unpaired) electrons. The zero-order chi connectivity index (χ0) is 12.0. The summed E-state index contributed by atoms with van der Waals surface area (Å²) in [5.74, 6) is 0.184. The highest BCUT2D eigenvalue weighted by molar-refractivity contribution is 5.33. The monoisotopic (exact) mass is 230 g/mol. The first-order valence-electron chi connectivity index (χ1n) is 5.28. The lowest BCUT2D eigenvalue weighted by Gasteiger charge is -2.12. The Hall–Kier alpha value is -1.03. The Labute approximate surface area is 91.9 Å². The fourth-order valence-electron chi connectivity index (χ4n) is 2.10. The summed E-state index contributed by atoms with van der Waals surface area (Å²) in [5.41, 5.74) is -0.973. The second kappa shape index (κ2) is 3.48. The molecule has 0 amide bonds. The SMILES string of the molecule is CCC1CC1(O)c1ccc(C(F)(F)F)cc1. The molecule has 1 aromatic rings. The van der Waals surface area contributed by atoms with Crippen molar-refractivity contribution in [1.29, 1.82) is 0 Å². The number of hydrogen-bond donors (Lipinski definition) is 1. The van der Waals surface area contributed by atoms with Gasteiger partial charge in [0, 0.05) is 0 Å². The van der Waals surface area contributed by atoms with Gasteiger partial charge in [0.05, 0.1) is 11.2 Å². The van der Waals surface area contributed by atoms with Crippen molar-refractivity contribution in [3.8, 4) is 0 Å². The molecule has 1 aliphatic carbocycles. The molecule has 2 rings (SSSR count). The smallest absolute Gasteiger partial charge is 0.385 e. The van der Waals surface area contributed by atoms with Crippen LogP contribution in [-0.4, -0.2) is 5.11 Å². The van der Waals surface area contributed by atoms with Crippen LogP contribution in [0.25, 0.3) is 0 Å². The quantitative estimate of drug-likeness (QED) is 0.826. The summed E-state index contributed by atoms with van der Waals surface area (Å²) in [7, 11) is 0. The van der Waals surface area contributed by atoms with E-state index in [1.54, 1.807) is 0 Å². The molecular weight excluding hydrogens is 217 g/mol. The molecule has 1 nitrogen and oxygen atoms in total. The van der Waals surface area contributed by atoms with E-state index >= 15 is 0 Å². The molecular formula is C12H13F3O. The minimum absolute atomic E-state index is 0.184. The molecule has 0 spiro atoms. The number of aliphatic hydroxyl groups is 1. The largest absolute Gasteiger partial charge is 0.416 e. The molecule has 1 N–H and O–H groups in total. The number of rotatable bonds is 2. The predicted octanol–water partition coefficient (Wildman–Crippen LogP) is 3.32. The van der Waals surface area contributed by atoms with Gasteiger partial charge in [-0.3, -0.25) is 0 Å². The van der Waals surface area contributed by atoms with Crippen molar-refractivity contribution in [2.45, 2.75) is 31.5 Å². The average Bonchev–Trinajstić information content (AvgIpc) is 2.90. The van der Waals surface area contributed by atoms with E-state index in [-0.39, 0.29) is 5.92 Å². The highest BCUT2D eigenvalue weighted by atomic mass is 19.4. The molecule has 16 heavy (non-hydrogen) atoms. The number of benzene rings is 1. The maximum Gasteiger partial charge on any atom is 0.416 e. The summed E-state index contributed by atoms with van der Waals surface area (Å²) in [6.45, 7) is 1.96. The van der Waals surface area contributed by atoms with E-state index < -0.39 is 17.3 Å². The molecule has 0 heterocycles. The van der Waals surface area contributed by atoms with Crippen molar-refractivity contribution in [2.24, 2.45) is 5.92 Å². The van der Waals surface area contributed by atoms with Crippen LogP contribution < -0.4 is 0 Å². The molecule has 1 saturated carbocycles. The summed E-state index contributed by atoms with van der Waals surface area (Å²) >= 11 is 0. The van der Waals surface area contributed by atoms with Crippen LogP contribution in [0.5, 0.6) is 0 Å². The highest BCUT2D eigenvalue weighted by Crippen LogP contribution is 2.53. The predicted molar refractivity (Wildman–Crippen MR) is 53.7 cm³/mol. The number of halogens is 3. The van der Waals surface area contributed by atoms with E-state index in [2.05, 4.69) is 0 Å². The van der Waals surface area contributed by atoms with Crippen molar-refractivity contribution < 1.29 is 18.3 Å². The summed E-state index contributed by atoms with van der Waals surface area (Å²) in [5, 5.41) is 10.1. The van der Waals surface area contributed by atoms with Gasteiger partial charge in [-0.1, -0.05) is 25.5 Å². The normalized spacial score (nSPS) is 29.2. The van der Waals surface area contributed by atoms with E-state index in [1.165, 1.54) is 12.1 Å². The van der Waals surface area contributed by atoms with Crippen LogP contribution in [-0.2, 0) is 11.8 Å². The van der Waals surface area contributed by atoms with E-state index in [0.29, 0.717) is 12.0 Å². The zero-order valence-corrected chi connectivity index (χ0v) is 8.88. The third kappa shape index (κ3) is 1.82. The number of hydrogen-bond acceptors (Lipinski definition) is 1. The van der Waals surface area contributed by atoms with Crippen LogP contribution in [0.4, 0.5) is 13.2 Å². The second-order valence-electron chi connectivity index (χ2n) is 4.31. The summed E-state index contributed by atoms with van der Waals surface area (Å²) in [6, 6.07) is 4.80. The first-order chi connectivity index (χ1) is 7.38. The van der Waals surface area contributed by atoms with Crippen LogP contribution in [0.3, 0.4) is 0 Å². The second-order valence-corrected chi connectivity index (χ2v) is 4.31. The van der Waals surface area contributed by atoms with Gasteiger partial charge in [0.1, 0.15) is 0 Å². The lowest BCUT2D eigenvalue weighted by atomic mass is 10.0. The van der Waals surface area contributed by atoms with Crippen molar-refractivity contribution in [3.63, 3.8) is 0 Å². The van der Waals surface area contributed by atoms with E-state index in [0.717, 1.165) is 18.6 Å².